The number of aliphatic hydroxyl groups excluding tert-OH is 1. The van der Waals surface area contributed by atoms with Crippen LogP contribution >= 0.6 is 0 Å². The van der Waals surface area contributed by atoms with E-state index in [0.717, 1.165) is 19.4 Å². The zero-order valence-electron chi connectivity index (χ0n) is 14.1. The molecule has 1 aromatic rings. The number of nitrogens with one attached hydrogen (secondary N) is 1. The number of benzene rings is 1. The van der Waals surface area contributed by atoms with Crippen LogP contribution in [0.15, 0.2) is 12.1 Å². The summed E-state index contributed by atoms with van der Waals surface area (Å²) in [5.41, 5.74) is 5.59. The molecule has 1 saturated carbocycles. The second-order valence-electron chi connectivity index (χ2n) is 7.11. The molecule has 2 nitrogen and oxygen atoms in total. The molecule has 0 bridgehead atoms. The highest BCUT2D eigenvalue weighted by molar-refractivity contribution is 5.38. The molecular weight excluding hydrogens is 258 g/mol. The Kier molecular flexibility index (Phi) is 5.45. The molecule has 118 valence electrons. The molecule has 1 atom stereocenters. The molecule has 0 radical (unpaired) electrons. The summed E-state index contributed by atoms with van der Waals surface area (Å²) in [7, 11) is 0. The third kappa shape index (κ3) is 3.87. The molecule has 1 fully saturated rings. The van der Waals surface area contributed by atoms with Crippen LogP contribution in [-0.2, 0) is 0 Å². The summed E-state index contributed by atoms with van der Waals surface area (Å²) in [6, 6.07) is 4.94. The van der Waals surface area contributed by atoms with Crippen LogP contribution in [0.5, 0.6) is 0 Å². The lowest BCUT2D eigenvalue weighted by atomic mass is 9.74. The van der Waals surface area contributed by atoms with Gasteiger partial charge >= 0.3 is 0 Å². The molecular formula is C19H31NO. The maximum absolute atomic E-state index is 9.82. The zero-order chi connectivity index (χ0) is 15.5. The molecule has 0 spiro atoms. The van der Waals surface area contributed by atoms with Gasteiger partial charge in [0.05, 0.1) is 0 Å². The third-order valence-corrected chi connectivity index (χ3v) is 5.38. The van der Waals surface area contributed by atoms with Gasteiger partial charge in [0.25, 0.3) is 0 Å². The van der Waals surface area contributed by atoms with Crippen molar-refractivity contribution in [3.05, 3.63) is 34.4 Å². The SMILES string of the molecule is Cc1cc(C)c(C(C)NCC2(CO)CCCCC2)cc1C. The second-order valence-corrected chi connectivity index (χ2v) is 7.11. The number of aliphatic hydroxyl groups is 1. The quantitative estimate of drug-likeness (QED) is 0.851. The largest absolute Gasteiger partial charge is 0.396 e. The topological polar surface area (TPSA) is 32.3 Å². The maximum Gasteiger partial charge on any atom is 0.0499 e. The minimum Gasteiger partial charge on any atom is -0.396 e. The van der Waals surface area contributed by atoms with Gasteiger partial charge in [0.2, 0.25) is 0 Å². The van der Waals surface area contributed by atoms with Crippen molar-refractivity contribution in [1.29, 1.82) is 0 Å². The molecule has 1 aliphatic rings. The fraction of sp³-hybridized carbons (Fsp3) is 0.684. The first-order valence-electron chi connectivity index (χ1n) is 8.39. The van der Waals surface area contributed by atoms with Crippen LogP contribution in [0.2, 0.25) is 0 Å². The number of rotatable bonds is 5. The van der Waals surface area contributed by atoms with E-state index in [-0.39, 0.29) is 5.41 Å². The Balaban J connectivity index is 2.04. The third-order valence-electron chi connectivity index (χ3n) is 5.38. The molecule has 1 unspecified atom stereocenters. The van der Waals surface area contributed by atoms with Crippen molar-refractivity contribution >= 4 is 0 Å². The minimum atomic E-state index is 0.111. The standard InChI is InChI=1S/C19H31NO/c1-14-10-16(3)18(11-15(14)2)17(4)20-12-19(13-21)8-6-5-7-9-19/h10-11,17,20-21H,5-9,12-13H2,1-4H3. The minimum absolute atomic E-state index is 0.111. The van der Waals surface area contributed by atoms with E-state index in [9.17, 15) is 5.11 Å². The molecule has 21 heavy (non-hydrogen) atoms. The summed E-state index contributed by atoms with van der Waals surface area (Å²) in [6.07, 6.45) is 6.18. The summed E-state index contributed by atoms with van der Waals surface area (Å²) in [6.45, 7) is 10.0. The van der Waals surface area contributed by atoms with Gasteiger partial charge in [-0.05, 0) is 62.8 Å². The Labute approximate surface area is 130 Å². The van der Waals surface area contributed by atoms with Crippen LogP contribution in [0.3, 0.4) is 0 Å². The van der Waals surface area contributed by atoms with Crippen molar-refractivity contribution in [3.8, 4) is 0 Å². The summed E-state index contributed by atoms with van der Waals surface area (Å²) in [4.78, 5) is 0. The maximum atomic E-state index is 9.82. The Bertz CT molecular complexity index is 475. The van der Waals surface area contributed by atoms with Gasteiger partial charge in [0.1, 0.15) is 0 Å². The Morgan fingerprint density at radius 3 is 2.29 bits per heavy atom. The highest BCUT2D eigenvalue weighted by Gasteiger charge is 2.31. The molecule has 2 heteroatoms. The van der Waals surface area contributed by atoms with Gasteiger partial charge in [-0.3, -0.25) is 0 Å². The molecule has 1 aromatic carbocycles. The summed E-state index contributed by atoms with van der Waals surface area (Å²) in [5, 5.41) is 13.5. The first-order chi connectivity index (χ1) is 9.97. The van der Waals surface area contributed by atoms with Crippen molar-refractivity contribution in [3.63, 3.8) is 0 Å². The van der Waals surface area contributed by atoms with Gasteiger partial charge in [-0.25, -0.2) is 0 Å². The van der Waals surface area contributed by atoms with Crippen LogP contribution in [-0.4, -0.2) is 18.3 Å². The van der Waals surface area contributed by atoms with Crippen LogP contribution in [0.4, 0.5) is 0 Å². The van der Waals surface area contributed by atoms with Gasteiger partial charge in [0.15, 0.2) is 0 Å². The molecule has 0 aromatic heterocycles. The van der Waals surface area contributed by atoms with Crippen molar-refractivity contribution in [2.45, 2.75) is 65.8 Å². The highest BCUT2D eigenvalue weighted by Crippen LogP contribution is 2.36. The van der Waals surface area contributed by atoms with Crippen LogP contribution < -0.4 is 5.32 Å². The molecule has 0 heterocycles. The lowest BCUT2D eigenvalue weighted by Crippen LogP contribution is -2.40. The summed E-state index contributed by atoms with van der Waals surface area (Å²) in [5.74, 6) is 0. The molecule has 2 rings (SSSR count). The van der Waals surface area contributed by atoms with E-state index < -0.39 is 0 Å². The normalized spacial score (nSPS) is 19.5. The monoisotopic (exact) mass is 289 g/mol. The predicted molar refractivity (Wildman–Crippen MR) is 89.7 cm³/mol. The van der Waals surface area contributed by atoms with Gasteiger partial charge < -0.3 is 10.4 Å². The molecule has 0 amide bonds. The van der Waals surface area contributed by atoms with Crippen molar-refractivity contribution < 1.29 is 5.11 Å². The van der Waals surface area contributed by atoms with Gasteiger partial charge in [-0.1, -0.05) is 31.4 Å². The first kappa shape index (κ1) is 16.5. The number of hydrogen-bond acceptors (Lipinski definition) is 2. The van der Waals surface area contributed by atoms with Gasteiger partial charge in [-0.15, -0.1) is 0 Å². The average Bonchev–Trinajstić information content (AvgIpc) is 2.49. The summed E-state index contributed by atoms with van der Waals surface area (Å²) >= 11 is 0. The summed E-state index contributed by atoms with van der Waals surface area (Å²) < 4.78 is 0. The second kappa shape index (κ2) is 6.93. The van der Waals surface area contributed by atoms with Crippen LogP contribution in [0, 0.1) is 26.2 Å². The van der Waals surface area contributed by atoms with E-state index in [1.54, 1.807) is 0 Å². The molecule has 2 N–H and O–H groups in total. The molecule has 0 saturated heterocycles. The van der Waals surface area contributed by atoms with E-state index in [2.05, 4.69) is 45.1 Å². The smallest absolute Gasteiger partial charge is 0.0499 e. The lowest BCUT2D eigenvalue weighted by molar-refractivity contribution is 0.0788. The van der Waals surface area contributed by atoms with E-state index in [1.807, 2.05) is 0 Å². The Hall–Kier alpha value is -0.860. The lowest BCUT2D eigenvalue weighted by Gasteiger charge is -2.37. The van der Waals surface area contributed by atoms with Gasteiger partial charge in [0, 0.05) is 24.6 Å². The van der Waals surface area contributed by atoms with E-state index in [4.69, 9.17) is 0 Å². The average molecular weight is 289 g/mol. The van der Waals surface area contributed by atoms with Crippen LogP contribution in [0.1, 0.15) is 67.3 Å². The van der Waals surface area contributed by atoms with Crippen molar-refractivity contribution in [2.24, 2.45) is 5.41 Å². The molecule has 0 aliphatic heterocycles. The Morgan fingerprint density at radius 1 is 1.05 bits per heavy atom. The molecule has 1 aliphatic carbocycles. The predicted octanol–water partition coefficient (Wildman–Crippen LogP) is 4.21. The number of hydrogen-bond donors (Lipinski definition) is 2. The first-order valence-corrected chi connectivity index (χ1v) is 8.39. The van der Waals surface area contributed by atoms with Crippen molar-refractivity contribution in [2.75, 3.05) is 13.2 Å². The highest BCUT2D eigenvalue weighted by atomic mass is 16.3. The fourth-order valence-corrected chi connectivity index (χ4v) is 3.62. The van der Waals surface area contributed by atoms with Crippen molar-refractivity contribution in [1.82, 2.24) is 5.32 Å². The van der Waals surface area contributed by atoms with Crippen LogP contribution in [0.25, 0.3) is 0 Å². The van der Waals surface area contributed by atoms with E-state index >= 15 is 0 Å². The Morgan fingerprint density at radius 2 is 1.67 bits per heavy atom. The fourth-order valence-electron chi connectivity index (χ4n) is 3.62. The van der Waals surface area contributed by atoms with E-state index in [1.165, 1.54) is 41.5 Å². The van der Waals surface area contributed by atoms with Gasteiger partial charge in [-0.2, -0.15) is 0 Å². The van der Waals surface area contributed by atoms with E-state index in [0.29, 0.717) is 12.6 Å². The zero-order valence-corrected chi connectivity index (χ0v) is 14.1. The number of aryl methyl sites for hydroxylation is 3.